The van der Waals surface area contributed by atoms with Crippen LogP contribution in [0.1, 0.15) is 56.7 Å². The van der Waals surface area contributed by atoms with E-state index in [2.05, 4.69) is 5.32 Å². The molecule has 1 aromatic carbocycles. The van der Waals surface area contributed by atoms with Gasteiger partial charge in [-0.1, -0.05) is 17.7 Å². The summed E-state index contributed by atoms with van der Waals surface area (Å²) in [5, 5.41) is 2.43. The van der Waals surface area contributed by atoms with E-state index in [-0.39, 0.29) is 38.7 Å². The van der Waals surface area contributed by atoms with Gasteiger partial charge in [-0.3, -0.25) is 4.79 Å². The van der Waals surface area contributed by atoms with E-state index in [1.807, 2.05) is 0 Å². The maximum absolute atomic E-state index is 14.0. The number of ether oxygens (including phenoxy) is 2. The number of thiophene rings is 1. The van der Waals surface area contributed by atoms with Crippen LogP contribution in [0.15, 0.2) is 18.2 Å². The molecule has 9 heteroatoms. The summed E-state index contributed by atoms with van der Waals surface area (Å²) in [5.74, 6) is -3.00. The number of rotatable bonds is 6. The predicted molar refractivity (Wildman–Crippen MR) is 105 cm³/mol. The molecule has 1 N–H and O–H groups in total. The molecule has 2 rings (SSSR count). The molecule has 1 heterocycles. The van der Waals surface area contributed by atoms with Crippen molar-refractivity contribution in [1.29, 1.82) is 0 Å². The standard InChI is InChI=1S/C19H19ClFNO5S/c1-5-26-18(24)13-10(4)15(19(25)27-9(2)3)28-17(13)22-16(23)14-11(20)7-6-8-12(14)21/h6-9H,5H2,1-4H3,(H,22,23). The van der Waals surface area contributed by atoms with E-state index in [1.165, 1.54) is 12.1 Å². The van der Waals surface area contributed by atoms with Gasteiger partial charge in [-0.25, -0.2) is 14.0 Å². The Morgan fingerprint density at radius 2 is 1.89 bits per heavy atom. The number of benzene rings is 1. The predicted octanol–water partition coefficient (Wildman–Crippen LogP) is 4.84. The van der Waals surface area contributed by atoms with Gasteiger partial charge in [-0.05, 0) is 45.4 Å². The summed E-state index contributed by atoms with van der Waals surface area (Å²) >= 11 is 6.78. The highest BCUT2D eigenvalue weighted by molar-refractivity contribution is 7.18. The average Bonchev–Trinajstić information content (AvgIpc) is 2.90. The Hall–Kier alpha value is -2.45. The van der Waals surface area contributed by atoms with Gasteiger partial charge >= 0.3 is 11.9 Å². The first kappa shape index (κ1) is 21.8. The molecular formula is C19H19ClFNO5S. The number of esters is 2. The molecular weight excluding hydrogens is 409 g/mol. The van der Waals surface area contributed by atoms with Crippen molar-refractivity contribution in [3.63, 3.8) is 0 Å². The van der Waals surface area contributed by atoms with Crippen LogP contribution < -0.4 is 5.32 Å². The zero-order valence-corrected chi connectivity index (χ0v) is 17.3. The van der Waals surface area contributed by atoms with Crippen LogP contribution in [0.5, 0.6) is 0 Å². The minimum atomic E-state index is -0.848. The van der Waals surface area contributed by atoms with Crippen LogP contribution in [0, 0.1) is 12.7 Å². The number of hydrogen-bond acceptors (Lipinski definition) is 6. The second-order valence-electron chi connectivity index (χ2n) is 5.99. The van der Waals surface area contributed by atoms with Gasteiger partial charge in [0.05, 0.1) is 28.9 Å². The largest absolute Gasteiger partial charge is 0.462 e. The lowest BCUT2D eigenvalue weighted by molar-refractivity contribution is 0.0383. The van der Waals surface area contributed by atoms with Crippen molar-refractivity contribution in [2.75, 3.05) is 11.9 Å². The fourth-order valence-corrected chi connectivity index (χ4v) is 3.72. The Bertz CT molecular complexity index is 905. The zero-order chi connectivity index (χ0) is 21.0. The van der Waals surface area contributed by atoms with Crippen LogP contribution in [0.25, 0.3) is 0 Å². The summed E-state index contributed by atoms with van der Waals surface area (Å²) in [6.07, 6.45) is -0.365. The van der Waals surface area contributed by atoms with Crippen LogP contribution in [-0.2, 0) is 9.47 Å². The van der Waals surface area contributed by atoms with Gasteiger partial charge in [0, 0.05) is 0 Å². The van der Waals surface area contributed by atoms with Gasteiger partial charge < -0.3 is 14.8 Å². The second-order valence-corrected chi connectivity index (χ2v) is 7.41. The van der Waals surface area contributed by atoms with Gasteiger partial charge in [-0.15, -0.1) is 11.3 Å². The Morgan fingerprint density at radius 3 is 2.46 bits per heavy atom. The summed E-state index contributed by atoms with van der Waals surface area (Å²) in [6, 6.07) is 3.84. The first-order valence-corrected chi connectivity index (χ1v) is 9.63. The fraction of sp³-hybridized carbons (Fsp3) is 0.316. The smallest absolute Gasteiger partial charge is 0.348 e. The van der Waals surface area contributed by atoms with Crippen molar-refractivity contribution in [2.24, 2.45) is 0 Å². The molecule has 0 fully saturated rings. The SMILES string of the molecule is CCOC(=O)c1c(NC(=O)c2c(F)cccc2Cl)sc(C(=O)OC(C)C)c1C. The first-order valence-electron chi connectivity index (χ1n) is 8.44. The van der Waals surface area contributed by atoms with Crippen molar-refractivity contribution >= 4 is 45.8 Å². The molecule has 0 saturated carbocycles. The molecule has 0 aliphatic rings. The number of nitrogens with one attached hydrogen (secondary N) is 1. The van der Waals surface area contributed by atoms with Crippen LogP contribution in [-0.4, -0.2) is 30.6 Å². The molecule has 0 aliphatic carbocycles. The van der Waals surface area contributed by atoms with Crippen LogP contribution in [0.4, 0.5) is 9.39 Å². The third kappa shape index (κ3) is 4.69. The highest BCUT2D eigenvalue weighted by Gasteiger charge is 2.28. The molecule has 1 aromatic heterocycles. The van der Waals surface area contributed by atoms with Gasteiger partial charge in [0.2, 0.25) is 0 Å². The summed E-state index contributed by atoms with van der Waals surface area (Å²) in [4.78, 5) is 37.4. The van der Waals surface area contributed by atoms with Crippen molar-refractivity contribution < 1.29 is 28.2 Å². The first-order chi connectivity index (χ1) is 13.2. The van der Waals surface area contributed by atoms with E-state index in [1.54, 1.807) is 27.7 Å². The Kier molecular flexibility index (Phi) is 7.15. The highest BCUT2D eigenvalue weighted by atomic mass is 35.5. The second kappa shape index (κ2) is 9.16. The van der Waals surface area contributed by atoms with Gasteiger partial charge in [-0.2, -0.15) is 0 Å². The minimum Gasteiger partial charge on any atom is -0.462 e. The van der Waals surface area contributed by atoms with E-state index in [9.17, 15) is 18.8 Å². The summed E-state index contributed by atoms with van der Waals surface area (Å²) in [5.41, 5.74) is -0.0382. The average molecular weight is 428 g/mol. The monoisotopic (exact) mass is 427 g/mol. The van der Waals surface area contributed by atoms with E-state index in [0.717, 1.165) is 17.4 Å². The van der Waals surface area contributed by atoms with Crippen LogP contribution in [0.3, 0.4) is 0 Å². The maximum Gasteiger partial charge on any atom is 0.348 e. The lowest BCUT2D eigenvalue weighted by Gasteiger charge is -2.08. The van der Waals surface area contributed by atoms with Crippen LogP contribution in [0.2, 0.25) is 5.02 Å². The highest BCUT2D eigenvalue weighted by Crippen LogP contribution is 2.35. The summed E-state index contributed by atoms with van der Waals surface area (Å²) < 4.78 is 24.2. The van der Waals surface area contributed by atoms with Gasteiger partial charge in [0.15, 0.2) is 0 Å². The van der Waals surface area contributed by atoms with Gasteiger partial charge in [0.25, 0.3) is 5.91 Å². The van der Waals surface area contributed by atoms with Crippen molar-refractivity contribution in [2.45, 2.75) is 33.8 Å². The number of carbonyl (C=O) groups excluding carboxylic acids is 3. The number of carbonyl (C=O) groups is 3. The molecule has 0 radical (unpaired) electrons. The lowest BCUT2D eigenvalue weighted by atomic mass is 10.1. The third-order valence-electron chi connectivity index (χ3n) is 3.57. The molecule has 2 aromatic rings. The molecule has 28 heavy (non-hydrogen) atoms. The molecule has 0 bridgehead atoms. The lowest BCUT2D eigenvalue weighted by Crippen LogP contribution is -2.16. The fourth-order valence-electron chi connectivity index (χ4n) is 2.39. The molecule has 1 amide bonds. The van der Waals surface area contributed by atoms with Crippen LogP contribution >= 0.6 is 22.9 Å². The summed E-state index contributed by atoms with van der Waals surface area (Å²) in [7, 11) is 0. The van der Waals surface area contributed by atoms with Crippen molar-refractivity contribution in [3.8, 4) is 0 Å². The van der Waals surface area contributed by atoms with E-state index in [0.29, 0.717) is 5.56 Å². The third-order valence-corrected chi connectivity index (χ3v) is 5.07. The molecule has 0 saturated heterocycles. The topological polar surface area (TPSA) is 81.7 Å². The van der Waals surface area contributed by atoms with E-state index < -0.39 is 23.7 Å². The maximum atomic E-state index is 14.0. The zero-order valence-electron chi connectivity index (χ0n) is 15.7. The molecule has 6 nitrogen and oxygen atoms in total. The van der Waals surface area contributed by atoms with E-state index >= 15 is 0 Å². The Balaban J connectivity index is 2.48. The quantitative estimate of drug-likeness (QED) is 0.667. The number of halogens is 2. The van der Waals surface area contributed by atoms with E-state index in [4.69, 9.17) is 21.1 Å². The number of amides is 1. The normalized spacial score (nSPS) is 10.7. The number of hydrogen-bond donors (Lipinski definition) is 1. The minimum absolute atomic E-state index is 0.0170. The molecule has 0 aliphatic heterocycles. The van der Waals surface area contributed by atoms with Gasteiger partial charge in [0.1, 0.15) is 15.7 Å². The summed E-state index contributed by atoms with van der Waals surface area (Å²) in [6.45, 7) is 6.66. The molecule has 150 valence electrons. The molecule has 0 unspecified atom stereocenters. The van der Waals surface area contributed by atoms with Crippen molar-refractivity contribution in [1.82, 2.24) is 0 Å². The molecule has 0 atom stereocenters. The Morgan fingerprint density at radius 1 is 1.21 bits per heavy atom. The van der Waals surface area contributed by atoms with Crippen molar-refractivity contribution in [3.05, 3.63) is 50.6 Å². The number of anilines is 1. The molecule has 0 spiro atoms. The Labute approximate surface area is 170 Å².